The van der Waals surface area contributed by atoms with Crippen LogP contribution < -0.4 is 17.1 Å². The van der Waals surface area contributed by atoms with Gasteiger partial charge in [0.15, 0.2) is 0 Å². The van der Waals surface area contributed by atoms with E-state index in [0.717, 1.165) is 47.2 Å². The Morgan fingerprint density at radius 3 is 2.68 bits per heavy atom. The first-order valence-corrected chi connectivity index (χ1v) is 11.1. The van der Waals surface area contributed by atoms with Crippen LogP contribution in [0.25, 0.3) is 44.6 Å². The second-order valence-electron chi connectivity index (χ2n) is 8.56. The fourth-order valence-electron chi connectivity index (χ4n) is 4.70. The van der Waals surface area contributed by atoms with Gasteiger partial charge < -0.3 is 20.8 Å². The topological polar surface area (TPSA) is 134 Å². The van der Waals surface area contributed by atoms with E-state index in [9.17, 15) is 0 Å². The van der Waals surface area contributed by atoms with Gasteiger partial charge in [0.25, 0.3) is 5.89 Å². The summed E-state index contributed by atoms with van der Waals surface area (Å²) >= 11 is 0. The van der Waals surface area contributed by atoms with E-state index in [2.05, 4.69) is 62.0 Å². The number of hydrazine groups is 1. The number of fused-ring (bicyclic) bond motifs is 2. The Bertz CT molecular complexity index is 1480. The molecule has 170 valence electrons. The lowest BCUT2D eigenvalue weighted by molar-refractivity contribution is 0.132. The van der Waals surface area contributed by atoms with Crippen molar-refractivity contribution in [2.24, 2.45) is 22.7 Å². The molecule has 0 aliphatic carbocycles. The third kappa shape index (κ3) is 3.47. The van der Waals surface area contributed by atoms with E-state index in [1.807, 2.05) is 30.3 Å². The molecule has 0 spiro atoms. The van der Waals surface area contributed by atoms with Crippen molar-refractivity contribution in [1.29, 1.82) is 0 Å². The van der Waals surface area contributed by atoms with Gasteiger partial charge in [-0.05, 0) is 28.5 Å². The van der Waals surface area contributed by atoms with Gasteiger partial charge in [0.1, 0.15) is 11.5 Å². The third-order valence-corrected chi connectivity index (χ3v) is 6.47. The van der Waals surface area contributed by atoms with E-state index in [1.165, 1.54) is 10.9 Å². The Kier molecular flexibility index (Phi) is 4.97. The molecule has 5 aromatic rings. The summed E-state index contributed by atoms with van der Waals surface area (Å²) in [4.78, 5) is 10.4. The summed E-state index contributed by atoms with van der Waals surface area (Å²) in [6, 6.07) is 22.6. The lowest BCUT2D eigenvalue weighted by Crippen LogP contribution is -2.54. The minimum Gasteiger partial charge on any atom is -0.351 e. The molecule has 0 bridgehead atoms. The maximum atomic E-state index is 5.62. The molecule has 0 amide bonds. The van der Waals surface area contributed by atoms with E-state index in [1.54, 1.807) is 0 Å². The molecule has 1 aliphatic rings. The average molecular weight is 453 g/mol. The number of nitrogens with zero attached hydrogens (tertiary/aromatic N) is 4. The van der Waals surface area contributed by atoms with Crippen molar-refractivity contribution in [2.45, 2.75) is 6.54 Å². The number of aromatic amines is 1. The second kappa shape index (κ2) is 8.29. The highest BCUT2D eigenvalue weighted by Crippen LogP contribution is 2.32. The zero-order valence-corrected chi connectivity index (χ0v) is 18.4. The highest BCUT2D eigenvalue weighted by Gasteiger charge is 2.31. The van der Waals surface area contributed by atoms with E-state index in [-0.39, 0.29) is 5.92 Å². The Balaban J connectivity index is 1.29. The van der Waals surface area contributed by atoms with Crippen molar-refractivity contribution in [1.82, 2.24) is 25.5 Å². The molecule has 0 radical (unpaired) electrons. The Labute approximate surface area is 195 Å². The highest BCUT2D eigenvalue weighted by molar-refractivity contribution is 5.97. The lowest BCUT2D eigenvalue weighted by atomic mass is 9.95. The SMILES string of the molecule is N/N=C(\NN)C1CN(Cc2ccc(-c3noc(-c4cc5ccccc5[nH]4)n3)c3ccccc23)C1. The van der Waals surface area contributed by atoms with Gasteiger partial charge in [0.05, 0.1) is 0 Å². The first-order valence-electron chi connectivity index (χ1n) is 11.1. The number of nitrogens with one attached hydrogen (secondary N) is 2. The molecule has 9 nitrogen and oxygen atoms in total. The van der Waals surface area contributed by atoms with Gasteiger partial charge in [-0.3, -0.25) is 4.90 Å². The number of benzene rings is 3. The van der Waals surface area contributed by atoms with E-state index >= 15 is 0 Å². The molecule has 1 aliphatic heterocycles. The molecule has 3 aromatic carbocycles. The predicted octanol–water partition coefficient (Wildman–Crippen LogP) is 3.21. The number of rotatable bonds is 5. The van der Waals surface area contributed by atoms with Crippen LogP contribution in [0.1, 0.15) is 5.56 Å². The van der Waals surface area contributed by atoms with Crippen LogP contribution in [0.2, 0.25) is 0 Å². The molecular weight excluding hydrogens is 428 g/mol. The monoisotopic (exact) mass is 452 g/mol. The Hall–Kier alpha value is -4.21. The van der Waals surface area contributed by atoms with Crippen LogP contribution in [-0.4, -0.2) is 38.9 Å². The zero-order chi connectivity index (χ0) is 23.1. The normalized spacial score (nSPS) is 15.1. The number of H-pyrrole nitrogens is 1. The molecule has 1 saturated heterocycles. The van der Waals surface area contributed by atoms with Crippen molar-refractivity contribution in [3.8, 4) is 23.0 Å². The van der Waals surface area contributed by atoms with Crippen molar-refractivity contribution < 1.29 is 4.52 Å². The summed E-state index contributed by atoms with van der Waals surface area (Å²) in [6.07, 6.45) is 0. The maximum absolute atomic E-state index is 5.62. The molecule has 0 atom stereocenters. The van der Waals surface area contributed by atoms with Gasteiger partial charge >= 0.3 is 0 Å². The number of para-hydroxylation sites is 1. The molecule has 0 saturated carbocycles. The van der Waals surface area contributed by atoms with E-state index in [4.69, 9.17) is 21.2 Å². The summed E-state index contributed by atoms with van der Waals surface area (Å²) in [5, 5.41) is 11.4. The van der Waals surface area contributed by atoms with Crippen LogP contribution in [-0.2, 0) is 6.54 Å². The van der Waals surface area contributed by atoms with Crippen molar-refractivity contribution in [3.63, 3.8) is 0 Å². The minimum atomic E-state index is 0.239. The number of nitrogens with two attached hydrogens (primary N) is 2. The minimum absolute atomic E-state index is 0.239. The van der Waals surface area contributed by atoms with E-state index < -0.39 is 0 Å². The van der Waals surface area contributed by atoms with Crippen LogP contribution in [0.4, 0.5) is 0 Å². The van der Waals surface area contributed by atoms with Crippen molar-refractivity contribution in [2.75, 3.05) is 13.1 Å². The van der Waals surface area contributed by atoms with Gasteiger partial charge in [-0.15, -0.1) is 0 Å². The molecule has 0 unspecified atom stereocenters. The van der Waals surface area contributed by atoms with Gasteiger partial charge in [-0.1, -0.05) is 59.8 Å². The van der Waals surface area contributed by atoms with Gasteiger partial charge in [0, 0.05) is 42.0 Å². The first-order chi connectivity index (χ1) is 16.7. The van der Waals surface area contributed by atoms with Gasteiger partial charge in [0.2, 0.25) is 5.82 Å². The third-order valence-electron chi connectivity index (χ3n) is 6.47. The molecule has 9 heteroatoms. The summed E-state index contributed by atoms with van der Waals surface area (Å²) < 4.78 is 5.62. The predicted molar refractivity (Wildman–Crippen MR) is 132 cm³/mol. The maximum Gasteiger partial charge on any atom is 0.274 e. The number of amidine groups is 1. The quantitative estimate of drug-likeness (QED) is 0.139. The van der Waals surface area contributed by atoms with Crippen LogP contribution in [0.3, 0.4) is 0 Å². The number of hydrogen-bond acceptors (Lipinski definition) is 7. The Morgan fingerprint density at radius 1 is 1.09 bits per heavy atom. The van der Waals surface area contributed by atoms with E-state index in [0.29, 0.717) is 17.6 Å². The average Bonchev–Trinajstić information content (AvgIpc) is 3.50. The highest BCUT2D eigenvalue weighted by atomic mass is 16.5. The standard InChI is InChI=1S/C25H24N8O/c26-30-23(31-27)17-13-33(14-17)12-16-9-10-20(19-7-3-2-6-18(16)19)24-29-25(34-32-24)22-11-15-5-1-4-8-21(15)28-22/h1-11,17,28H,12-14,26-27H2,(H,30,31). The summed E-state index contributed by atoms with van der Waals surface area (Å²) in [5.41, 5.74) is 6.61. The number of likely N-dealkylation sites (tertiary alicyclic amines) is 1. The Morgan fingerprint density at radius 2 is 1.88 bits per heavy atom. The largest absolute Gasteiger partial charge is 0.351 e. The molecule has 34 heavy (non-hydrogen) atoms. The number of hydrazone groups is 1. The zero-order valence-electron chi connectivity index (χ0n) is 18.4. The first kappa shape index (κ1) is 20.4. The van der Waals surface area contributed by atoms with Gasteiger partial charge in [-0.2, -0.15) is 10.1 Å². The van der Waals surface area contributed by atoms with Crippen LogP contribution in [0, 0.1) is 5.92 Å². The van der Waals surface area contributed by atoms with Crippen LogP contribution in [0.5, 0.6) is 0 Å². The van der Waals surface area contributed by atoms with Crippen LogP contribution >= 0.6 is 0 Å². The van der Waals surface area contributed by atoms with Crippen molar-refractivity contribution in [3.05, 3.63) is 72.3 Å². The molecular formula is C25H24N8O. The molecule has 2 aromatic heterocycles. The van der Waals surface area contributed by atoms with Crippen molar-refractivity contribution >= 4 is 27.5 Å². The number of hydrogen-bond donors (Lipinski definition) is 4. The smallest absolute Gasteiger partial charge is 0.274 e. The fraction of sp³-hybridized carbons (Fsp3) is 0.160. The molecule has 1 fully saturated rings. The summed E-state index contributed by atoms with van der Waals surface area (Å²) in [6.45, 7) is 2.54. The summed E-state index contributed by atoms with van der Waals surface area (Å²) in [7, 11) is 0. The fourth-order valence-corrected chi connectivity index (χ4v) is 4.70. The van der Waals surface area contributed by atoms with Gasteiger partial charge in [-0.25, -0.2) is 5.84 Å². The number of aromatic nitrogens is 3. The molecule has 3 heterocycles. The summed E-state index contributed by atoms with van der Waals surface area (Å²) in [5.74, 6) is 12.8. The molecule has 6 rings (SSSR count). The molecule has 6 N–H and O–H groups in total. The lowest BCUT2D eigenvalue weighted by Gasteiger charge is -2.39. The van der Waals surface area contributed by atoms with Crippen LogP contribution in [0.15, 0.2) is 76.4 Å². The second-order valence-corrected chi connectivity index (χ2v) is 8.56.